The van der Waals surface area contributed by atoms with Crippen molar-refractivity contribution in [2.24, 2.45) is 0 Å². The molecular formula is C17H12ClN3O3S. The van der Waals surface area contributed by atoms with Crippen LogP contribution in [0.5, 0.6) is 0 Å². The van der Waals surface area contributed by atoms with Crippen LogP contribution in [0.1, 0.15) is 12.6 Å². The molecule has 0 saturated heterocycles. The van der Waals surface area contributed by atoms with Crippen molar-refractivity contribution in [1.29, 1.82) is 0 Å². The van der Waals surface area contributed by atoms with Gasteiger partial charge in [-0.1, -0.05) is 23.7 Å². The Morgan fingerprint density at radius 2 is 2.16 bits per heavy atom. The molecule has 6 nitrogen and oxygen atoms in total. The molecule has 8 heteroatoms. The fourth-order valence-electron chi connectivity index (χ4n) is 2.79. The first-order chi connectivity index (χ1) is 12.1. The first-order valence-electron chi connectivity index (χ1n) is 7.62. The number of pyridine rings is 1. The standard InChI is InChI=1S/C17H12ClN3O3S/c1-2-24-13(22)6-9-8-25-17-20-14-10-4-3-5-12(18)15(10)19-7-11(14)16(23)21(9)17/h3-5,7-8H,2,6H2,1H3. The summed E-state index contributed by atoms with van der Waals surface area (Å²) < 4.78 is 6.41. The first-order valence-corrected chi connectivity index (χ1v) is 8.87. The molecule has 0 spiro atoms. The van der Waals surface area contributed by atoms with Crippen molar-refractivity contribution < 1.29 is 9.53 Å². The number of nitrogens with zero attached hydrogens (tertiary/aromatic N) is 3. The van der Waals surface area contributed by atoms with Gasteiger partial charge in [-0.25, -0.2) is 4.98 Å². The van der Waals surface area contributed by atoms with Gasteiger partial charge in [0.25, 0.3) is 5.56 Å². The number of ether oxygens (including phenoxy) is 1. The number of thiazole rings is 1. The number of carbonyl (C=O) groups excluding carboxylic acids is 1. The number of hydrogen-bond acceptors (Lipinski definition) is 6. The van der Waals surface area contributed by atoms with E-state index in [1.807, 2.05) is 6.07 Å². The van der Waals surface area contributed by atoms with E-state index in [0.29, 0.717) is 38.7 Å². The molecule has 1 aromatic carbocycles. The largest absolute Gasteiger partial charge is 0.466 e. The Bertz CT molecular complexity index is 1200. The summed E-state index contributed by atoms with van der Waals surface area (Å²) in [5, 5.41) is 3.37. The normalized spacial score (nSPS) is 11.4. The van der Waals surface area contributed by atoms with Crippen LogP contribution in [-0.4, -0.2) is 26.9 Å². The third kappa shape index (κ3) is 2.56. The van der Waals surface area contributed by atoms with Crippen molar-refractivity contribution in [3.8, 4) is 0 Å². The Hall–Kier alpha value is -2.51. The van der Waals surface area contributed by atoms with Crippen LogP contribution < -0.4 is 5.56 Å². The van der Waals surface area contributed by atoms with Crippen molar-refractivity contribution in [1.82, 2.24) is 14.4 Å². The highest BCUT2D eigenvalue weighted by Crippen LogP contribution is 2.27. The number of fused-ring (bicyclic) bond motifs is 4. The number of rotatable bonds is 3. The summed E-state index contributed by atoms with van der Waals surface area (Å²) in [6, 6.07) is 5.39. The maximum atomic E-state index is 12.9. The lowest BCUT2D eigenvalue weighted by molar-refractivity contribution is -0.142. The summed E-state index contributed by atoms with van der Waals surface area (Å²) in [5.41, 5.74) is 1.47. The zero-order valence-corrected chi connectivity index (χ0v) is 14.7. The van der Waals surface area contributed by atoms with Gasteiger partial charge < -0.3 is 4.74 Å². The van der Waals surface area contributed by atoms with Gasteiger partial charge in [0.2, 0.25) is 0 Å². The summed E-state index contributed by atoms with van der Waals surface area (Å²) in [6.45, 7) is 2.04. The van der Waals surface area contributed by atoms with Crippen LogP contribution in [0.2, 0.25) is 5.02 Å². The molecular weight excluding hydrogens is 362 g/mol. The number of esters is 1. The van der Waals surface area contributed by atoms with E-state index in [4.69, 9.17) is 16.3 Å². The minimum Gasteiger partial charge on any atom is -0.466 e. The molecule has 0 N–H and O–H groups in total. The van der Waals surface area contributed by atoms with E-state index in [-0.39, 0.29) is 17.9 Å². The molecule has 0 atom stereocenters. The fourth-order valence-corrected chi connectivity index (χ4v) is 3.89. The van der Waals surface area contributed by atoms with Crippen molar-refractivity contribution >= 4 is 55.7 Å². The molecule has 0 aliphatic heterocycles. The van der Waals surface area contributed by atoms with Gasteiger partial charge in [-0.05, 0) is 13.0 Å². The molecule has 0 radical (unpaired) electrons. The van der Waals surface area contributed by atoms with Crippen molar-refractivity contribution in [2.45, 2.75) is 13.3 Å². The third-order valence-electron chi connectivity index (χ3n) is 3.87. The lowest BCUT2D eigenvalue weighted by atomic mass is 10.1. The molecule has 126 valence electrons. The van der Waals surface area contributed by atoms with E-state index in [0.717, 1.165) is 5.39 Å². The van der Waals surface area contributed by atoms with Gasteiger partial charge in [-0.15, -0.1) is 11.3 Å². The number of benzene rings is 1. The Balaban J connectivity index is 2.00. The summed E-state index contributed by atoms with van der Waals surface area (Å²) in [7, 11) is 0. The Morgan fingerprint density at radius 3 is 2.96 bits per heavy atom. The quantitative estimate of drug-likeness (QED) is 0.407. The molecule has 0 amide bonds. The first kappa shape index (κ1) is 16.0. The zero-order chi connectivity index (χ0) is 17.6. The second-order valence-corrected chi connectivity index (χ2v) is 6.64. The highest BCUT2D eigenvalue weighted by Gasteiger charge is 2.16. The topological polar surface area (TPSA) is 73.6 Å². The smallest absolute Gasteiger partial charge is 0.311 e. The minimum absolute atomic E-state index is 0.0216. The molecule has 4 rings (SSSR count). The van der Waals surface area contributed by atoms with Crippen LogP contribution >= 0.6 is 22.9 Å². The summed E-state index contributed by atoms with van der Waals surface area (Å²) in [5.74, 6) is -0.377. The van der Waals surface area contributed by atoms with E-state index < -0.39 is 0 Å². The van der Waals surface area contributed by atoms with Crippen molar-refractivity contribution in [2.75, 3.05) is 6.61 Å². The molecule has 0 aliphatic rings. The van der Waals surface area contributed by atoms with E-state index in [2.05, 4.69) is 9.97 Å². The summed E-state index contributed by atoms with van der Waals surface area (Å²) in [4.78, 5) is 34.1. The highest BCUT2D eigenvalue weighted by molar-refractivity contribution is 7.15. The monoisotopic (exact) mass is 373 g/mol. The lowest BCUT2D eigenvalue weighted by Crippen LogP contribution is -2.19. The zero-order valence-electron chi connectivity index (χ0n) is 13.2. The molecule has 3 aromatic heterocycles. The number of hydrogen-bond donors (Lipinski definition) is 0. The second-order valence-electron chi connectivity index (χ2n) is 5.40. The Labute approximate surface area is 150 Å². The minimum atomic E-state index is -0.377. The predicted molar refractivity (Wildman–Crippen MR) is 97.5 cm³/mol. The van der Waals surface area contributed by atoms with Gasteiger partial charge in [0, 0.05) is 22.7 Å². The molecule has 0 fully saturated rings. The maximum absolute atomic E-state index is 12.9. The molecule has 4 aromatic rings. The number of carbonyl (C=O) groups is 1. The highest BCUT2D eigenvalue weighted by atomic mass is 35.5. The predicted octanol–water partition coefficient (Wildman–Crippen LogP) is 3.22. The van der Waals surface area contributed by atoms with Crippen LogP contribution in [0.4, 0.5) is 0 Å². The van der Waals surface area contributed by atoms with Gasteiger partial charge >= 0.3 is 5.97 Å². The van der Waals surface area contributed by atoms with Gasteiger partial charge in [0.15, 0.2) is 4.96 Å². The Kier molecular flexibility index (Phi) is 3.89. The van der Waals surface area contributed by atoms with Crippen LogP contribution in [0.25, 0.3) is 26.8 Å². The fraction of sp³-hybridized carbons (Fsp3) is 0.176. The lowest BCUT2D eigenvalue weighted by Gasteiger charge is -2.06. The third-order valence-corrected chi connectivity index (χ3v) is 5.05. The molecule has 0 aliphatic carbocycles. The van der Waals surface area contributed by atoms with E-state index in [1.54, 1.807) is 24.4 Å². The van der Waals surface area contributed by atoms with E-state index in [1.165, 1.54) is 21.9 Å². The van der Waals surface area contributed by atoms with Crippen LogP contribution in [0.3, 0.4) is 0 Å². The maximum Gasteiger partial charge on any atom is 0.311 e. The molecule has 0 unspecified atom stereocenters. The van der Waals surface area contributed by atoms with Gasteiger partial charge in [-0.3, -0.25) is 19.0 Å². The second kappa shape index (κ2) is 6.09. The van der Waals surface area contributed by atoms with E-state index >= 15 is 0 Å². The van der Waals surface area contributed by atoms with Crippen LogP contribution in [0, 0.1) is 0 Å². The number of aromatic nitrogens is 3. The SMILES string of the molecule is CCOC(=O)Cc1csc2nc3c(cnc4c(Cl)cccc43)c(=O)n12. The van der Waals surface area contributed by atoms with Gasteiger partial charge in [-0.2, -0.15) is 0 Å². The molecule has 0 saturated carbocycles. The van der Waals surface area contributed by atoms with Crippen LogP contribution in [-0.2, 0) is 16.0 Å². The molecule has 0 bridgehead atoms. The van der Waals surface area contributed by atoms with Crippen molar-refractivity contribution in [3.63, 3.8) is 0 Å². The average molecular weight is 374 g/mol. The summed E-state index contributed by atoms with van der Waals surface area (Å²) in [6.07, 6.45) is 1.50. The number of para-hydroxylation sites is 1. The van der Waals surface area contributed by atoms with Crippen molar-refractivity contribution in [3.05, 3.63) is 50.8 Å². The van der Waals surface area contributed by atoms with Gasteiger partial charge in [0.1, 0.15) is 0 Å². The number of halogens is 1. The van der Waals surface area contributed by atoms with Crippen LogP contribution in [0.15, 0.2) is 34.6 Å². The molecule has 3 heterocycles. The molecule has 25 heavy (non-hydrogen) atoms. The Morgan fingerprint density at radius 1 is 1.32 bits per heavy atom. The van der Waals surface area contributed by atoms with E-state index in [9.17, 15) is 9.59 Å². The summed E-state index contributed by atoms with van der Waals surface area (Å²) >= 11 is 7.49. The average Bonchev–Trinajstić information content (AvgIpc) is 2.98. The van der Waals surface area contributed by atoms with Gasteiger partial charge in [0.05, 0.1) is 34.5 Å².